The predicted molar refractivity (Wildman–Crippen MR) is 80.5 cm³/mol. The molecule has 0 aliphatic rings. The summed E-state index contributed by atoms with van der Waals surface area (Å²) in [5, 5.41) is 3.34. The van der Waals surface area contributed by atoms with E-state index >= 15 is 0 Å². The maximum Gasteiger partial charge on any atom is 0.167 e. The van der Waals surface area contributed by atoms with E-state index in [1.54, 1.807) is 6.07 Å². The van der Waals surface area contributed by atoms with Gasteiger partial charge in [0.2, 0.25) is 0 Å². The molecule has 1 atom stereocenters. The van der Waals surface area contributed by atoms with Crippen LogP contribution >= 0.6 is 0 Å². The maximum absolute atomic E-state index is 13.5. The van der Waals surface area contributed by atoms with Crippen molar-refractivity contribution >= 4 is 11.4 Å². The summed E-state index contributed by atoms with van der Waals surface area (Å²) in [4.78, 5) is 0. The second kappa shape index (κ2) is 6.28. The van der Waals surface area contributed by atoms with Gasteiger partial charge >= 0.3 is 0 Å². The van der Waals surface area contributed by atoms with Gasteiger partial charge in [0.05, 0.1) is 24.5 Å². The van der Waals surface area contributed by atoms with E-state index < -0.39 is 5.82 Å². The normalized spacial score (nSPS) is 11.9. The second-order valence-corrected chi connectivity index (χ2v) is 4.59. The second-order valence-electron chi connectivity index (χ2n) is 4.59. The SMILES string of the molecule is CCC(Nc1cc(OC)c(F)cc1N)c1ccccc1. The number of nitrogens with one attached hydrogen (secondary N) is 1. The van der Waals surface area contributed by atoms with Crippen LogP contribution < -0.4 is 15.8 Å². The van der Waals surface area contributed by atoms with E-state index in [2.05, 4.69) is 24.4 Å². The third kappa shape index (κ3) is 3.02. The smallest absolute Gasteiger partial charge is 0.167 e. The molecule has 0 spiro atoms. The Hall–Kier alpha value is -2.23. The number of hydrogen-bond acceptors (Lipinski definition) is 3. The van der Waals surface area contributed by atoms with E-state index in [0.717, 1.165) is 12.0 Å². The quantitative estimate of drug-likeness (QED) is 0.811. The van der Waals surface area contributed by atoms with Crippen molar-refractivity contribution < 1.29 is 9.13 Å². The predicted octanol–water partition coefficient (Wildman–Crippen LogP) is 3.98. The van der Waals surface area contributed by atoms with Gasteiger partial charge in [0.1, 0.15) is 0 Å². The molecule has 0 aromatic heterocycles. The van der Waals surface area contributed by atoms with E-state index in [-0.39, 0.29) is 11.8 Å². The van der Waals surface area contributed by atoms with Crippen molar-refractivity contribution in [2.45, 2.75) is 19.4 Å². The summed E-state index contributed by atoms with van der Waals surface area (Å²) >= 11 is 0. The molecule has 4 heteroatoms. The Morgan fingerprint density at radius 1 is 1.25 bits per heavy atom. The minimum atomic E-state index is -0.455. The Balaban J connectivity index is 2.28. The lowest BCUT2D eigenvalue weighted by Gasteiger charge is -2.20. The number of benzene rings is 2. The molecule has 0 aliphatic carbocycles. The average Bonchev–Trinajstić information content (AvgIpc) is 2.47. The third-order valence-corrected chi connectivity index (χ3v) is 3.26. The van der Waals surface area contributed by atoms with Crippen LogP contribution in [-0.2, 0) is 0 Å². The molecule has 3 N–H and O–H groups in total. The van der Waals surface area contributed by atoms with Gasteiger partial charge < -0.3 is 15.8 Å². The zero-order chi connectivity index (χ0) is 14.5. The van der Waals surface area contributed by atoms with Gasteiger partial charge in [-0.3, -0.25) is 0 Å². The standard InChI is InChI=1S/C16H19FN2O/c1-3-14(11-7-5-4-6-8-11)19-15-10-16(20-2)12(17)9-13(15)18/h4-10,14,19H,3,18H2,1-2H3. The summed E-state index contributed by atoms with van der Waals surface area (Å²) in [7, 11) is 1.44. The van der Waals surface area contributed by atoms with Gasteiger partial charge in [-0.2, -0.15) is 0 Å². The van der Waals surface area contributed by atoms with Crippen molar-refractivity contribution in [1.29, 1.82) is 0 Å². The minimum Gasteiger partial charge on any atom is -0.494 e. The highest BCUT2D eigenvalue weighted by molar-refractivity contribution is 5.69. The fourth-order valence-electron chi connectivity index (χ4n) is 2.14. The van der Waals surface area contributed by atoms with Crippen LogP contribution in [0.5, 0.6) is 5.75 Å². The van der Waals surface area contributed by atoms with E-state index in [0.29, 0.717) is 11.4 Å². The molecule has 0 amide bonds. The number of ether oxygens (including phenoxy) is 1. The topological polar surface area (TPSA) is 47.3 Å². The first kappa shape index (κ1) is 14.2. The molecule has 2 rings (SSSR count). The number of hydrogen-bond donors (Lipinski definition) is 2. The first-order valence-electron chi connectivity index (χ1n) is 6.60. The first-order chi connectivity index (χ1) is 9.65. The Morgan fingerprint density at radius 2 is 1.95 bits per heavy atom. The van der Waals surface area contributed by atoms with Crippen LogP contribution in [0.4, 0.5) is 15.8 Å². The summed E-state index contributed by atoms with van der Waals surface area (Å²) in [5.41, 5.74) is 8.08. The lowest BCUT2D eigenvalue weighted by molar-refractivity contribution is 0.387. The molecule has 0 aliphatic heterocycles. The Bertz CT molecular complexity index is 572. The highest BCUT2D eigenvalue weighted by atomic mass is 19.1. The van der Waals surface area contributed by atoms with Crippen molar-refractivity contribution in [2.24, 2.45) is 0 Å². The van der Waals surface area contributed by atoms with Crippen LogP contribution in [0.15, 0.2) is 42.5 Å². The first-order valence-corrected chi connectivity index (χ1v) is 6.60. The van der Waals surface area contributed by atoms with Crippen LogP contribution in [0.1, 0.15) is 24.9 Å². The van der Waals surface area contributed by atoms with Crippen LogP contribution in [0, 0.1) is 5.82 Å². The zero-order valence-corrected chi connectivity index (χ0v) is 11.7. The van der Waals surface area contributed by atoms with Crippen LogP contribution in [0.2, 0.25) is 0 Å². The minimum absolute atomic E-state index is 0.119. The van der Waals surface area contributed by atoms with Crippen LogP contribution in [-0.4, -0.2) is 7.11 Å². The molecule has 2 aromatic rings. The monoisotopic (exact) mass is 274 g/mol. The van der Waals surface area contributed by atoms with Gasteiger partial charge in [-0.05, 0) is 12.0 Å². The van der Waals surface area contributed by atoms with Crippen molar-refractivity contribution in [3.63, 3.8) is 0 Å². The Labute approximate surface area is 118 Å². The van der Waals surface area contributed by atoms with Crippen molar-refractivity contribution in [3.8, 4) is 5.75 Å². The number of nitrogen functional groups attached to an aromatic ring is 1. The zero-order valence-electron chi connectivity index (χ0n) is 11.7. The van der Waals surface area contributed by atoms with Crippen molar-refractivity contribution in [2.75, 3.05) is 18.2 Å². The highest BCUT2D eigenvalue weighted by Gasteiger charge is 2.13. The maximum atomic E-state index is 13.5. The molecule has 20 heavy (non-hydrogen) atoms. The third-order valence-electron chi connectivity index (χ3n) is 3.26. The average molecular weight is 274 g/mol. The Morgan fingerprint density at radius 3 is 2.55 bits per heavy atom. The molecule has 0 saturated heterocycles. The van der Waals surface area contributed by atoms with Crippen molar-refractivity contribution in [3.05, 3.63) is 53.8 Å². The molecular weight excluding hydrogens is 255 g/mol. The summed E-state index contributed by atoms with van der Waals surface area (Å²) in [6, 6.07) is 13.1. The van der Waals surface area contributed by atoms with Crippen LogP contribution in [0.3, 0.4) is 0 Å². The van der Waals surface area contributed by atoms with E-state index in [9.17, 15) is 4.39 Å². The fraction of sp³-hybridized carbons (Fsp3) is 0.250. The van der Waals surface area contributed by atoms with Gasteiger partial charge in [-0.15, -0.1) is 0 Å². The lowest BCUT2D eigenvalue weighted by atomic mass is 10.0. The number of methoxy groups -OCH3 is 1. The van der Waals surface area contributed by atoms with Gasteiger partial charge in [-0.25, -0.2) is 4.39 Å². The van der Waals surface area contributed by atoms with E-state index in [1.165, 1.54) is 13.2 Å². The molecule has 0 radical (unpaired) electrons. The molecule has 106 valence electrons. The molecule has 1 unspecified atom stereocenters. The van der Waals surface area contributed by atoms with E-state index in [1.807, 2.05) is 18.2 Å². The number of nitrogens with two attached hydrogens (primary N) is 1. The number of rotatable bonds is 5. The van der Waals surface area contributed by atoms with Crippen LogP contribution in [0.25, 0.3) is 0 Å². The summed E-state index contributed by atoms with van der Waals surface area (Å²) < 4.78 is 18.5. The summed E-state index contributed by atoms with van der Waals surface area (Å²) in [6.07, 6.45) is 0.892. The summed E-state index contributed by atoms with van der Waals surface area (Å²) in [5.74, 6) is -0.270. The van der Waals surface area contributed by atoms with Gasteiger partial charge in [0.25, 0.3) is 0 Å². The molecule has 0 bridgehead atoms. The molecule has 0 heterocycles. The number of halogens is 1. The lowest BCUT2D eigenvalue weighted by Crippen LogP contribution is -2.11. The molecular formula is C16H19FN2O. The van der Waals surface area contributed by atoms with Crippen molar-refractivity contribution in [1.82, 2.24) is 0 Å². The molecule has 3 nitrogen and oxygen atoms in total. The molecule has 0 saturated carbocycles. The highest BCUT2D eigenvalue weighted by Crippen LogP contribution is 2.31. The fourth-order valence-corrected chi connectivity index (χ4v) is 2.14. The number of anilines is 2. The Kier molecular flexibility index (Phi) is 4.45. The molecule has 0 fully saturated rings. The van der Waals surface area contributed by atoms with E-state index in [4.69, 9.17) is 10.5 Å². The van der Waals surface area contributed by atoms with Gasteiger partial charge in [0, 0.05) is 12.1 Å². The molecule has 2 aromatic carbocycles. The summed E-state index contributed by atoms with van der Waals surface area (Å²) in [6.45, 7) is 2.08. The van der Waals surface area contributed by atoms with Gasteiger partial charge in [-0.1, -0.05) is 37.3 Å². The van der Waals surface area contributed by atoms with Gasteiger partial charge in [0.15, 0.2) is 11.6 Å². The largest absolute Gasteiger partial charge is 0.494 e.